The lowest BCUT2D eigenvalue weighted by Crippen LogP contribution is -2.20. The predicted octanol–water partition coefficient (Wildman–Crippen LogP) is 1.84. The zero-order valence-corrected chi connectivity index (χ0v) is 10.9. The van der Waals surface area contributed by atoms with E-state index in [1.807, 2.05) is 6.92 Å². The van der Waals surface area contributed by atoms with E-state index in [0.717, 1.165) is 12.1 Å². The Balaban J connectivity index is 2.25. The Morgan fingerprint density at radius 1 is 1.35 bits per heavy atom. The highest BCUT2D eigenvalue weighted by Gasteiger charge is 2.11. The molecule has 1 aromatic carbocycles. The van der Waals surface area contributed by atoms with Crippen LogP contribution in [0.3, 0.4) is 0 Å². The first-order valence-electron chi connectivity index (χ1n) is 6.08. The van der Waals surface area contributed by atoms with Crippen LogP contribution in [-0.4, -0.2) is 10.5 Å². The summed E-state index contributed by atoms with van der Waals surface area (Å²) in [4.78, 5) is 23.5. The molecule has 2 aromatic rings. The smallest absolute Gasteiger partial charge is 0.257 e. The summed E-state index contributed by atoms with van der Waals surface area (Å²) >= 11 is 0. The van der Waals surface area contributed by atoms with Gasteiger partial charge >= 0.3 is 0 Å². The maximum atomic E-state index is 12.9. The van der Waals surface area contributed by atoms with Gasteiger partial charge in [0.25, 0.3) is 11.5 Å². The number of rotatable bonds is 3. The fourth-order valence-corrected chi connectivity index (χ4v) is 1.79. The Morgan fingerprint density at radius 2 is 2.10 bits per heavy atom. The summed E-state index contributed by atoms with van der Waals surface area (Å²) in [5.74, 6) is -0.956. The van der Waals surface area contributed by atoms with E-state index in [0.29, 0.717) is 12.2 Å². The summed E-state index contributed by atoms with van der Waals surface area (Å²) in [6.45, 7) is 2.33. The normalized spacial score (nSPS) is 10.3. The summed E-state index contributed by atoms with van der Waals surface area (Å²) in [6, 6.07) is 6.44. The number of carbonyl (C=O) groups is 1. The third kappa shape index (κ3) is 2.85. The SMILES string of the molecule is CCn1cc(NC(=O)c2ccc(F)cc2N)ccc1=O. The maximum Gasteiger partial charge on any atom is 0.257 e. The fourth-order valence-electron chi connectivity index (χ4n) is 1.79. The van der Waals surface area contributed by atoms with Gasteiger partial charge in [0.05, 0.1) is 11.3 Å². The second kappa shape index (κ2) is 5.56. The van der Waals surface area contributed by atoms with Crippen molar-refractivity contribution < 1.29 is 9.18 Å². The second-order valence-corrected chi connectivity index (χ2v) is 4.23. The Morgan fingerprint density at radius 3 is 2.75 bits per heavy atom. The van der Waals surface area contributed by atoms with E-state index in [4.69, 9.17) is 5.73 Å². The van der Waals surface area contributed by atoms with Crippen molar-refractivity contribution in [1.82, 2.24) is 4.57 Å². The molecule has 0 aliphatic carbocycles. The quantitative estimate of drug-likeness (QED) is 0.839. The maximum absolute atomic E-state index is 12.9. The van der Waals surface area contributed by atoms with Crippen molar-refractivity contribution in [3.05, 3.63) is 58.3 Å². The predicted molar refractivity (Wildman–Crippen MR) is 75.1 cm³/mol. The number of nitrogens with two attached hydrogens (primary N) is 1. The first kappa shape index (κ1) is 13.8. The summed E-state index contributed by atoms with van der Waals surface area (Å²) in [5.41, 5.74) is 6.17. The van der Waals surface area contributed by atoms with Crippen LogP contribution in [0.1, 0.15) is 17.3 Å². The number of benzene rings is 1. The summed E-state index contributed by atoms with van der Waals surface area (Å²) in [5, 5.41) is 2.62. The molecule has 1 aromatic heterocycles. The van der Waals surface area contributed by atoms with Gasteiger partial charge in [-0.25, -0.2) is 4.39 Å². The molecule has 0 radical (unpaired) electrons. The number of nitrogen functional groups attached to an aromatic ring is 1. The molecule has 0 atom stereocenters. The van der Waals surface area contributed by atoms with Gasteiger partial charge in [-0.15, -0.1) is 0 Å². The molecule has 0 bridgehead atoms. The van der Waals surface area contributed by atoms with E-state index in [2.05, 4.69) is 5.32 Å². The molecule has 0 unspecified atom stereocenters. The number of aromatic nitrogens is 1. The van der Waals surface area contributed by atoms with Gasteiger partial charge in [0, 0.05) is 24.5 Å². The highest BCUT2D eigenvalue weighted by atomic mass is 19.1. The van der Waals surface area contributed by atoms with Crippen molar-refractivity contribution in [2.45, 2.75) is 13.5 Å². The van der Waals surface area contributed by atoms with Crippen molar-refractivity contribution >= 4 is 17.3 Å². The molecular formula is C14H14FN3O2. The van der Waals surface area contributed by atoms with Crippen LogP contribution in [0.5, 0.6) is 0 Å². The van der Waals surface area contributed by atoms with Gasteiger partial charge in [0.1, 0.15) is 5.82 Å². The zero-order valence-electron chi connectivity index (χ0n) is 10.9. The van der Waals surface area contributed by atoms with Crippen LogP contribution in [0.15, 0.2) is 41.3 Å². The number of aryl methyl sites for hydroxylation is 1. The van der Waals surface area contributed by atoms with E-state index in [1.165, 1.54) is 22.8 Å². The number of nitrogens with one attached hydrogen (secondary N) is 1. The number of nitrogens with zero attached hydrogens (tertiary/aromatic N) is 1. The Kier molecular flexibility index (Phi) is 3.84. The number of hydrogen-bond donors (Lipinski definition) is 2. The number of halogens is 1. The minimum absolute atomic E-state index is 0.0614. The minimum atomic E-state index is -0.501. The van der Waals surface area contributed by atoms with Gasteiger partial charge in [-0.05, 0) is 31.2 Å². The summed E-state index contributed by atoms with van der Waals surface area (Å²) in [7, 11) is 0. The minimum Gasteiger partial charge on any atom is -0.398 e. The first-order chi connectivity index (χ1) is 9.51. The average Bonchev–Trinajstić information content (AvgIpc) is 2.40. The van der Waals surface area contributed by atoms with Gasteiger partial charge in [-0.3, -0.25) is 9.59 Å². The molecule has 104 valence electrons. The molecule has 0 fully saturated rings. The van der Waals surface area contributed by atoms with E-state index >= 15 is 0 Å². The molecule has 20 heavy (non-hydrogen) atoms. The topological polar surface area (TPSA) is 77.1 Å². The summed E-state index contributed by atoms with van der Waals surface area (Å²) < 4.78 is 14.4. The van der Waals surface area contributed by atoms with E-state index in [1.54, 1.807) is 6.20 Å². The second-order valence-electron chi connectivity index (χ2n) is 4.23. The zero-order chi connectivity index (χ0) is 14.7. The van der Waals surface area contributed by atoms with Crippen molar-refractivity contribution in [3.8, 4) is 0 Å². The van der Waals surface area contributed by atoms with Gasteiger partial charge in [-0.1, -0.05) is 0 Å². The van der Waals surface area contributed by atoms with Gasteiger partial charge in [-0.2, -0.15) is 0 Å². The molecule has 0 aliphatic rings. The molecule has 0 aliphatic heterocycles. The average molecular weight is 275 g/mol. The molecule has 0 spiro atoms. The van der Waals surface area contributed by atoms with Gasteiger partial charge in [0.15, 0.2) is 0 Å². The largest absolute Gasteiger partial charge is 0.398 e. The van der Waals surface area contributed by atoms with Gasteiger partial charge < -0.3 is 15.6 Å². The van der Waals surface area contributed by atoms with Crippen LogP contribution in [-0.2, 0) is 6.54 Å². The highest BCUT2D eigenvalue weighted by Crippen LogP contribution is 2.15. The highest BCUT2D eigenvalue weighted by molar-refractivity contribution is 6.07. The van der Waals surface area contributed by atoms with Crippen LogP contribution in [0, 0.1) is 5.82 Å². The Bertz CT molecular complexity index is 710. The molecule has 6 heteroatoms. The van der Waals surface area contributed by atoms with Crippen LogP contribution in [0.4, 0.5) is 15.8 Å². The first-order valence-corrected chi connectivity index (χ1v) is 6.08. The number of pyridine rings is 1. The molecule has 5 nitrogen and oxygen atoms in total. The molecular weight excluding hydrogens is 261 g/mol. The third-order valence-corrected chi connectivity index (χ3v) is 2.84. The van der Waals surface area contributed by atoms with Gasteiger partial charge in [0.2, 0.25) is 0 Å². The molecule has 1 heterocycles. The fraction of sp³-hybridized carbons (Fsp3) is 0.143. The Hall–Kier alpha value is -2.63. The molecule has 3 N–H and O–H groups in total. The number of anilines is 2. The van der Waals surface area contributed by atoms with Crippen LogP contribution in [0.2, 0.25) is 0 Å². The standard InChI is InChI=1S/C14H14FN3O2/c1-2-18-8-10(4-6-13(18)19)17-14(20)11-5-3-9(15)7-12(11)16/h3-8H,2,16H2,1H3,(H,17,20). The number of amides is 1. The van der Waals surface area contributed by atoms with Crippen LogP contribution < -0.4 is 16.6 Å². The van der Waals surface area contributed by atoms with E-state index < -0.39 is 11.7 Å². The lowest BCUT2D eigenvalue weighted by Gasteiger charge is -2.09. The monoisotopic (exact) mass is 275 g/mol. The van der Waals surface area contributed by atoms with Crippen molar-refractivity contribution in [2.75, 3.05) is 11.1 Å². The van der Waals surface area contributed by atoms with Crippen molar-refractivity contribution in [3.63, 3.8) is 0 Å². The van der Waals surface area contributed by atoms with Crippen molar-refractivity contribution in [1.29, 1.82) is 0 Å². The third-order valence-electron chi connectivity index (χ3n) is 2.84. The molecule has 1 amide bonds. The molecule has 0 saturated heterocycles. The molecule has 0 saturated carbocycles. The van der Waals surface area contributed by atoms with Crippen molar-refractivity contribution in [2.24, 2.45) is 0 Å². The number of carbonyl (C=O) groups excluding carboxylic acids is 1. The van der Waals surface area contributed by atoms with E-state index in [-0.39, 0.29) is 16.8 Å². The lowest BCUT2D eigenvalue weighted by molar-refractivity contribution is 0.102. The van der Waals surface area contributed by atoms with Crippen LogP contribution >= 0.6 is 0 Å². The summed E-state index contributed by atoms with van der Waals surface area (Å²) in [6.07, 6.45) is 1.54. The number of hydrogen-bond acceptors (Lipinski definition) is 3. The molecule has 2 rings (SSSR count). The van der Waals surface area contributed by atoms with Crippen LogP contribution in [0.25, 0.3) is 0 Å². The van der Waals surface area contributed by atoms with E-state index in [9.17, 15) is 14.0 Å². The lowest BCUT2D eigenvalue weighted by atomic mass is 10.1. The Labute approximate surface area is 114 Å².